The van der Waals surface area contributed by atoms with Gasteiger partial charge < -0.3 is 15.2 Å². The van der Waals surface area contributed by atoms with Crippen molar-refractivity contribution in [3.63, 3.8) is 0 Å². The van der Waals surface area contributed by atoms with Crippen LogP contribution in [0.1, 0.15) is 37.3 Å². The molecule has 6 nitrogen and oxygen atoms in total. The van der Waals surface area contributed by atoms with E-state index in [1.165, 1.54) is 19.2 Å². The van der Waals surface area contributed by atoms with Crippen molar-refractivity contribution >= 4 is 34.5 Å². The van der Waals surface area contributed by atoms with E-state index < -0.39 is 0 Å². The molecule has 1 aliphatic carbocycles. The molecule has 0 bridgehead atoms. The van der Waals surface area contributed by atoms with Gasteiger partial charge in [0.2, 0.25) is 0 Å². The first kappa shape index (κ1) is 20.9. The van der Waals surface area contributed by atoms with Crippen LogP contribution in [0.5, 0.6) is 17.2 Å². The van der Waals surface area contributed by atoms with Gasteiger partial charge in [-0.05, 0) is 42.7 Å². The van der Waals surface area contributed by atoms with Crippen molar-refractivity contribution in [2.24, 2.45) is 0 Å². The Hall–Kier alpha value is -2.96. The van der Waals surface area contributed by atoms with Gasteiger partial charge in [-0.25, -0.2) is 9.50 Å². The SMILES string of the molecule is COc1cc(-c2[c]c(C3CCCC3)n3ncnc(N)c23)ccc1Oc1ccc(Cl)c(Cl)c1. The van der Waals surface area contributed by atoms with Gasteiger partial charge in [0.15, 0.2) is 17.3 Å². The highest BCUT2D eigenvalue weighted by Crippen LogP contribution is 2.42. The summed E-state index contributed by atoms with van der Waals surface area (Å²) in [5.41, 5.74) is 9.82. The lowest BCUT2D eigenvalue weighted by Crippen LogP contribution is -2.04. The van der Waals surface area contributed by atoms with E-state index in [9.17, 15) is 0 Å². The second-order valence-corrected chi connectivity index (χ2v) is 8.63. The highest BCUT2D eigenvalue weighted by molar-refractivity contribution is 6.42. The van der Waals surface area contributed by atoms with Gasteiger partial charge >= 0.3 is 0 Å². The van der Waals surface area contributed by atoms with Crippen LogP contribution in [0.25, 0.3) is 16.6 Å². The molecular formula is C24H21Cl2N4O2. The van der Waals surface area contributed by atoms with Gasteiger partial charge in [0, 0.05) is 23.6 Å². The molecule has 2 aromatic heterocycles. The molecule has 2 N–H and O–H groups in total. The van der Waals surface area contributed by atoms with E-state index >= 15 is 0 Å². The molecule has 5 rings (SSSR count). The van der Waals surface area contributed by atoms with E-state index in [2.05, 4.69) is 16.1 Å². The van der Waals surface area contributed by atoms with Crippen molar-refractivity contribution in [2.75, 3.05) is 12.8 Å². The fourth-order valence-electron chi connectivity index (χ4n) is 4.28. The fourth-order valence-corrected chi connectivity index (χ4v) is 4.57. The quantitative estimate of drug-likeness (QED) is 0.360. The molecule has 1 radical (unpaired) electrons. The smallest absolute Gasteiger partial charge is 0.169 e. The van der Waals surface area contributed by atoms with Crippen LogP contribution >= 0.6 is 23.2 Å². The van der Waals surface area contributed by atoms with Gasteiger partial charge in [0.05, 0.1) is 22.8 Å². The third-order valence-electron chi connectivity index (χ3n) is 5.85. The zero-order valence-corrected chi connectivity index (χ0v) is 19.0. The topological polar surface area (TPSA) is 74.7 Å². The predicted molar refractivity (Wildman–Crippen MR) is 126 cm³/mol. The summed E-state index contributed by atoms with van der Waals surface area (Å²) in [4.78, 5) is 4.21. The number of fused-ring (bicyclic) bond motifs is 1. The number of ether oxygens (including phenoxy) is 2. The summed E-state index contributed by atoms with van der Waals surface area (Å²) in [6.07, 6.45) is 6.19. The Bertz CT molecular complexity index is 1300. The van der Waals surface area contributed by atoms with Crippen LogP contribution in [0.15, 0.2) is 42.7 Å². The molecule has 163 valence electrons. The average molecular weight is 468 g/mol. The van der Waals surface area contributed by atoms with Gasteiger partial charge in [-0.1, -0.05) is 42.1 Å². The normalized spacial score (nSPS) is 14.2. The van der Waals surface area contributed by atoms with Crippen LogP contribution in [0, 0.1) is 6.07 Å². The number of nitrogen functional groups attached to an aromatic ring is 1. The molecule has 0 spiro atoms. The highest BCUT2D eigenvalue weighted by atomic mass is 35.5. The monoisotopic (exact) mass is 467 g/mol. The number of hydrogen-bond donors (Lipinski definition) is 1. The van der Waals surface area contributed by atoms with Crippen molar-refractivity contribution in [3.8, 4) is 28.4 Å². The van der Waals surface area contributed by atoms with E-state index in [-0.39, 0.29) is 0 Å². The molecule has 1 aliphatic rings. The van der Waals surface area contributed by atoms with Crippen molar-refractivity contribution < 1.29 is 9.47 Å². The largest absolute Gasteiger partial charge is 0.493 e. The molecule has 0 saturated heterocycles. The Kier molecular flexibility index (Phi) is 5.57. The lowest BCUT2D eigenvalue weighted by Gasteiger charge is -2.12. The van der Waals surface area contributed by atoms with Gasteiger partial charge in [-0.15, -0.1) is 0 Å². The number of methoxy groups -OCH3 is 1. The van der Waals surface area contributed by atoms with Crippen molar-refractivity contribution in [3.05, 3.63) is 64.5 Å². The lowest BCUT2D eigenvalue weighted by atomic mass is 10.0. The van der Waals surface area contributed by atoms with Gasteiger partial charge in [-0.3, -0.25) is 0 Å². The first-order chi connectivity index (χ1) is 15.5. The lowest BCUT2D eigenvalue weighted by molar-refractivity contribution is 0.379. The summed E-state index contributed by atoms with van der Waals surface area (Å²) in [6.45, 7) is 0. The second kappa shape index (κ2) is 8.52. The maximum Gasteiger partial charge on any atom is 0.169 e. The standard InChI is InChI=1S/C24H21Cl2N4O2/c1-31-22-10-15(6-9-21(22)32-16-7-8-18(25)19(26)11-16)17-12-20(14-4-2-3-5-14)30-23(17)24(27)28-13-29-30/h6-11,13-14H,2-5H2,1H3,(H2,27,28,29). The molecule has 0 unspecified atom stereocenters. The van der Waals surface area contributed by atoms with Gasteiger partial charge in [0.25, 0.3) is 0 Å². The van der Waals surface area contributed by atoms with Crippen LogP contribution in [0.3, 0.4) is 0 Å². The van der Waals surface area contributed by atoms with Crippen molar-refractivity contribution in [2.45, 2.75) is 31.6 Å². The number of aromatic nitrogens is 3. The molecule has 1 saturated carbocycles. The van der Waals surface area contributed by atoms with Crippen LogP contribution in [0.2, 0.25) is 10.0 Å². The Morgan fingerprint density at radius 1 is 1.06 bits per heavy atom. The summed E-state index contributed by atoms with van der Waals surface area (Å²) in [6, 6.07) is 14.4. The van der Waals surface area contributed by atoms with Gasteiger partial charge in [-0.2, -0.15) is 5.10 Å². The molecular weight excluding hydrogens is 447 g/mol. The van der Waals surface area contributed by atoms with E-state index in [1.807, 2.05) is 22.7 Å². The molecule has 0 aliphatic heterocycles. The van der Waals surface area contributed by atoms with Crippen molar-refractivity contribution in [1.82, 2.24) is 14.6 Å². The molecule has 0 atom stereocenters. The van der Waals surface area contributed by atoms with Crippen molar-refractivity contribution in [1.29, 1.82) is 0 Å². The van der Waals surface area contributed by atoms with E-state index in [1.54, 1.807) is 25.3 Å². The Balaban J connectivity index is 1.57. The molecule has 1 fully saturated rings. The summed E-state index contributed by atoms with van der Waals surface area (Å²) >= 11 is 12.1. The van der Waals surface area contributed by atoms with Crippen LogP contribution in [-0.2, 0) is 0 Å². The zero-order valence-electron chi connectivity index (χ0n) is 17.4. The van der Waals surface area contributed by atoms with Gasteiger partial charge in [0.1, 0.15) is 17.6 Å². The average Bonchev–Trinajstić information content (AvgIpc) is 3.45. The number of nitrogens with zero attached hydrogens (tertiary/aromatic N) is 3. The predicted octanol–water partition coefficient (Wildman–Crippen LogP) is 6.54. The van der Waals surface area contributed by atoms with E-state index in [4.69, 9.17) is 38.4 Å². The van der Waals surface area contributed by atoms with E-state index in [0.29, 0.717) is 39.0 Å². The molecule has 32 heavy (non-hydrogen) atoms. The number of rotatable bonds is 5. The summed E-state index contributed by atoms with van der Waals surface area (Å²) in [5, 5.41) is 5.37. The van der Waals surface area contributed by atoms with E-state index in [0.717, 1.165) is 35.2 Å². The highest BCUT2D eigenvalue weighted by Gasteiger charge is 2.25. The molecule has 4 aromatic rings. The minimum atomic E-state index is 0.421. The molecule has 2 heterocycles. The maximum absolute atomic E-state index is 6.26. The fraction of sp³-hybridized carbons (Fsp3) is 0.250. The van der Waals surface area contributed by atoms with Crippen LogP contribution < -0.4 is 15.2 Å². The summed E-state index contributed by atoms with van der Waals surface area (Å²) < 4.78 is 13.5. The number of halogens is 2. The minimum absolute atomic E-state index is 0.421. The third-order valence-corrected chi connectivity index (χ3v) is 6.59. The zero-order chi connectivity index (χ0) is 22.2. The third kappa shape index (κ3) is 3.74. The number of anilines is 1. The first-order valence-electron chi connectivity index (χ1n) is 10.4. The Morgan fingerprint density at radius 3 is 2.62 bits per heavy atom. The summed E-state index contributed by atoms with van der Waals surface area (Å²) in [7, 11) is 1.60. The maximum atomic E-state index is 6.26. The number of hydrogen-bond acceptors (Lipinski definition) is 5. The summed E-state index contributed by atoms with van der Waals surface area (Å²) in [5.74, 6) is 2.53. The Labute approximate surface area is 195 Å². The molecule has 8 heteroatoms. The molecule has 0 amide bonds. The second-order valence-electron chi connectivity index (χ2n) is 7.82. The van der Waals surface area contributed by atoms with Crippen LogP contribution in [0.4, 0.5) is 5.82 Å². The number of nitrogens with two attached hydrogens (primary N) is 1. The molecule has 2 aromatic carbocycles. The Morgan fingerprint density at radius 2 is 1.88 bits per heavy atom. The minimum Gasteiger partial charge on any atom is -0.493 e. The first-order valence-corrected chi connectivity index (χ1v) is 11.2. The van der Waals surface area contributed by atoms with Crippen LogP contribution in [-0.4, -0.2) is 21.7 Å². The number of benzene rings is 2.